The molecule has 0 bridgehead atoms. The Morgan fingerprint density at radius 1 is 1.35 bits per heavy atom. The highest BCUT2D eigenvalue weighted by Gasteiger charge is 2.22. The minimum atomic E-state index is 0.391. The molecule has 2 nitrogen and oxygen atoms in total. The lowest BCUT2D eigenvalue weighted by Gasteiger charge is -2.29. The van der Waals surface area contributed by atoms with Gasteiger partial charge in [0.25, 0.3) is 0 Å². The maximum atomic E-state index is 6.27. The van der Waals surface area contributed by atoms with Crippen molar-refractivity contribution in [1.29, 1.82) is 0 Å². The molecular formula is C18H29NO. The summed E-state index contributed by atoms with van der Waals surface area (Å²) in [7, 11) is 2.00. The lowest BCUT2D eigenvalue weighted by molar-refractivity contribution is 0.121. The van der Waals surface area contributed by atoms with Crippen molar-refractivity contribution in [3.05, 3.63) is 29.3 Å². The van der Waals surface area contributed by atoms with Gasteiger partial charge in [0, 0.05) is 6.04 Å². The zero-order valence-corrected chi connectivity index (χ0v) is 13.4. The molecule has 112 valence electrons. The standard InChI is InChI=1S/C18H29NO/c1-5-15-7-6-8-17(12-15)20-18-10-9-16(11-13(18)2)14(3)19-4/h9-11,14-15,17,19H,5-8,12H2,1-4H3. The molecule has 2 heteroatoms. The molecule has 0 heterocycles. The van der Waals surface area contributed by atoms with Crippen LogP contribution in [0.15, 0.2) is 18.2 Å². The quantitative estimate of drug-likeness (QED) is 0.846. The van der Waals surface area contributed by atoms with Crippen molar-refractivity contribution in [3.63, 3.8) is 0 Å². The van der Waals surface area contributed by atoms with Crippen LogP contribution in [0.2, 0.25) is 0 Å². The summed E-state index contributed by atoms with van der Waals surface area (Å²) in [5, 5.41) is 3.28. The van der Waals surface area contributed by atoms with Crippen LogP contribution >= 0.6 is 0 Å². The second-order valence-electron chi connectivity index (χ2n) is 6.22. The Morgan fingerprint density at radius 2 is 2.15 bits per heavy atom. The van der Waals surface area contributed by atoms with Crippen LogP contribution in [0.1, 0.15) is 63.1 Å². The van der Waals surface area contributed by atoms with Gasteiger partial charge in [-0.2, -0.15) is 0 Å². The molecule has 1 aliphatic rings. The highest BCUT2D eigenvalue weighted by atomic mass is 16.5. The molecule has 3 atom stereocenters. The van der Waals surface area contributed by atoms with Gasteiger partial charge < -0.3 is 10.1 Å². The highest BCUT2D eigenvalue weighted by Crippen LogP contribution is 2.31. The fraction of sp³-hybridized carbons (Fsp3) is 0.667. The molecule has 1 fully saturated rings. The third-order valence-electron chi connectivity index (χ3n) is 4.74. The van der Waals surface area contributed by atoms with Crippen LogP contribution in [0.5, 0.6) is 5.75 Å². The third kappa shape index (κ3) is 3.76. The molecule has 1 aromatic rings. The van der Waals surface area contributed by atoms with Crippen LogP contribution in [0.3, 0.4) is 0 Å². The summed E-state index contributed by atoms with van der Waals surface area (Å²) in [6.07, 6.45) is 6.84. The van der Waals surface area contributed by atoms with Gasteiger partial charge in [-0.1, -0.05) is 31.9 Å². The zero-order chi connectivity index (χ0) is 14.5. The van der Waals surface area contributed by atoms with Crippen LogP contribution in [-0.4, -0.2) is 13.2 Å². The molecule has 0 aliphatic heterocycles. The Bertz CT molecular complexity index is 429. The van der Waals surface area contributed by atoms with Gasteiger partial charge in [0.2, 0.25) is 0 Å². The Kier molecular flexibility index (Phi) is 5.47. The van der Waals surface area contributed by atoms with Gasteiger partial charge in [0.05, 0.1) is 6.10 Å². The van der Waals surface area contributed by atoms with E-state index in [9.17, 15) is 0 Å². The Balaban J connectivity index is 2.02. The van der Waals surface area contributed by atoms with E-state index in [2.05, 4.69) is 44.3 Å². The van der Waals surface area contributed by atoms with Crippen molar-refractivity contribution < 1.29 is 4.74 Å². The Hall–Kier alpha value is -1.02. The molecule has 20 heavy (non-hydrogen) atoms. The van der Waals surface area contributed by atoms with E-state index in [0.717, 1.165) is 11.7 Å². The summed E-state index contributed by atoms with van der Waals surface area (Å²) in [6.45, 7) is 6.63. The average Bonchev–Trinajstić information content (AvgIpc) is 2.48. The summed E-state index contributed by atoms with van der Waals surface area (Å²) >= 11 is 0. The van der Waals surface area contributed by atoms with Crippen molar-refractivity contribution >= 4 is 0 Å². The first-order valence-corrected chi connectivity index (χ1v) is 8.08. The van der Waals surface area contributed by atoms with Crippen LogP contribution in [0.4, 0.5) is 0 Å². The maximum absolute atomic E-state index is 6.27. The van der Waals surface area contributed by atoms with Crippen LogP contribution in [0.25, 0.3) is 0 Å². The normalized spacial score (nSPS) is 24.4. The monoisotopic (exact) mass is 275 g/mol. The SMILES string of the molecule is CCC1CCCC(Oc2ccc(C(C)NC)cc2C)C1. The molecule has 0 spiro atoms. The minimum Gasteiger partial charge on any atom is -0.490 e. The zero-order valence-electron chi connectivity index (χ0n) is 13.4. The summed E-state index contributed by atoms with van der Waals surface area (Å²) in [5.41, 5.74) is 2.58. The molecular weight excluding hydrogens is 246 g/mol. The number of hydrogen-bond donors (Lipinski definition) is 1. The van der Waals surface area contributed by atoms with Crippen LogP contribution in [0, 0.1) is 12.8 Å². The van der Waals surface area contributed by atoms with Gasteiger partial charge in [-0.3, -0.25) is 0 Å². The molecule has 0 aromatic heterocycles. The van der Waals surface area contributed by atoms with E-state index in [4.69, 9.17) is 4.74 Å². The minimum absolute atomic E-state index is 0.391. The molecule has 1 N–H and O–H groups in total. The van der Waals surface area contributed by atoms with E-state index in [-0.39, 0.29) is 0 Å². The third-order valence-corrected chi connectivity index (χ3v) is 4.74. The molecule has 3 unspecified atom stereocenters. The Morgan fingerprint density at radius 3 is 2.80 bits per heavy atom. The summed E-state index contributed by atoms with van der Waals surface area (Å²) in [6, 6.07) is 6.97. The van der Waals surface area contributed by atoms with Crippen LogP contribution < -0.4 is 10.1 Å². The Labute approximate surface area is 123 Å². The van der Waals surface area contributed by atoms with E-state index in [0.29, 0.717) is 12.1 Å². The van der Waals surface area contributed by atoms with E-state index in [1.807, 2.05) is 7.05 Å². The van der Waals surface area contributed by atoms with Gasteiger partial charge in [-0.25, -0.2) is 0 Å². The summed E-state index contributed by atoms with van der Waals surface area (Å²) in [5.74, 6) is 1.93. The summed E-state index contributed by atoms with van der Waals surface area (Å²) in [4.78, 5) is 0. The highest BCUT2D eigenvalue weighted by molar-refractivity contribution is 5.37. The smallest absolute Gasteiger partial charge is 0.122 e. The molecule has 0 radical (unpaired) electrons. The number of ether oxygens (including phenoxy) is 1. The predicted molar refractivity (Wildman–Crippen MR) is 85.3 cm³/mol. The lowest BCUT2D eigenvalue weighted by Crippen LogP contribution is -2.25. The van der Waals surface area contributed by atoms with Crippen molar-refractivity contribution in [3.8, 4) is 5.75 Å². The molecule has 0 saturated heterocycles. The average molecular weight is 275 g/mol. The van der Waals surface area contributed by atoms with Crippen molar-refractivity contribution in [2.45, 2.75) is 65.0 Å². The number of aryl methyl sites for hydroxylation is 1. The van der Waals surface area contributed by atoms with Crippen LogP contribution in [-0.2, 0) is 0 Å². The van der Waals surface area contributed by atoms with Crippen molar-refractivity contribution in [1.82, 2.24) is 5.32 Å². The lowest BCUT2D eigenvalue weighted by atomic mass is 9.85. The first-order chi connectivity index (χ1) is 9.63. The van der Waals surface area contributed by atoms with Gasteiger partial charge in [-0.15, -0.1) is 0 Å². The number of benzene rings is 1. The van der Waals surface area contributed by atoms with E-state index >= 15 is 0 Å². The fourth-order valence-corrected chi connectivity index (χ4v) is 3.14. The molecule has 1 aromatic carbocycles. The van der Waals surface area contributed by atoms with Crippen molar-refractivity contribution in [2.75, 3.05) is 7.05 Å². The largest absolute Gasteiger partial charge is 0.490 e. The first-order valence-electron chi connectivity index (χ1n) is 8.08. The second-order valence-corrected chi connectivity index (χ2v) is 6.22. The molecule has 2 rings (SSSR count). The predicted octanol–water partition coefficient (Wildman–Crippen LogP) is 4.62. The van der Waals surface area contributed by atoms with Gasteiger partial charge in [0.15, 0.2) is 0 Å². The van der Waals surface area contributed by atoms with Gasteiger partial charge in [0.1, 0.15) is 5.75 Å². The second kappa shape index (κ2) is 7.12. The summed E-state index contributed by atoms with van der Waals surface area (Å²) < 4.78 is 6.27. The number of nitrogens with one attached hydrogen (secondary N) is 1. The van der Waals surface area contributed by atoms with E-state index < -0.39 is 0 Å². The molecule has 1 aliphatic carbocycles. The molecule has 0 amide bonds. The van der Waals surface area contributed by atoms with Crippen molar-refractivity contribution in [2.24, 2.45) is 5.92 Å². The van der Waals surface area contributed by atoms with Gasteiger partial charge in [-0.05, 0) is 63.3 Å². The first kappa shape index (κ1) is 15.4. The molecule has 1 saturated carbocycles. The fourth-order valence-electron chi connectivity index (χ4n) is 3.14. The number of hydrogen-bond acceptors (Lipinski definition) is 2. The number of rotatable bonds is 5. The van der Waals surface area contributed by atoms with E-state index in [1.54, 1.807) is 0 Å². The van der Waals surface area contributed by atoms with Gasteiger partial charge >= 0.3 is 0 Å². The maximum Gasteiger partial charge on any atom is 0.122 e. The van der Waals surface area contributed by atoms with E-state index in [1.165, 1.54) is 43.2 Å². The topological polar surface area (TPSA) is 21.3 Å².